The maximum atomic E-state index is 13.1. The highest BCUT2D eigenvalue weighted by Gasteiger charge is 2.35. The molecule has 1 N–H and O–H groups in total. The molecule has 0 radical (unpaired) electrons. The van der Waals surface area contributed by atoms with Crippen LogP contribution in [-0.2, 0) is 0 Å². The van der Waals surface area contributed by atoms with E-state index in [2.05, 4.69) is 15.0 Å². The molecule has 1 aliphatic rings. The summed E-state index contributed by atoms with van der Waals surface area (Å²) >= 11 is 0. The predicted octanol–water partition coefficient (Wildman–Crippen LogP) is 2.41. The number of piperazine rings is 1. The number of aromatic nitrogens is 3. The minimum atomic E-state index is -0.757. The third-order valence-electron chi connectivity index (χ3n) is 5.02. The number of anilines is 1. The molecule has 1 amide bonds. The lowest BCUT2D eigenvalue weighted by atomic mass is 10.1. The van der Waals surface area contributed by atoms with Gasteiger partial charge in [0, 0.05) is 30.6 Å². The number of para-hydroxylation sites is 1. The molecule has 0 saturated carbocycles. The first-order valence-corrected chi connectivity index (χ1v) is 9.37. The highest BCUT2D eigenvalue weighted by molar-refractivity contribution is 5.96. The summed E-state index contributed by atoms with van der Waals surface area (Å²) in [6, 6.07) is 9.28. The van der Waals surface area contributed by atoms with Gasteiger partial charge in [0.15, 0.2) is 11.6 Å². The van der Waals surface area contributed by atoms with Crippen LogP contribution < -0.4 is 4.90 Å². The quantitative estimate of drug-likeness (QED) is 0.744. The molecular weight excluding hydrogens is 358 g/mol. The van der Waals surface area contributed by atoms with Crippen LogP contribution >= 0.6 is 0 Å². The van der Waals surface area contributed by atoms with Gasteiger partial charge in [0.2, 0.25) is 5.95 Å². The second kappa shape index (κ2) is 7.20. The molecule has 3 aromatic rings. The smallest absolute Gasteiger partial charge is 0.290 e. The van der Waals surface area contributed by atoms with Crippen molar-refractivity contribution in [2.75, 3.05) is 18.0 Å². The molecule has 1 fully saturated rings. The molecule has 3 unspecified atom stereocenters. The number of carbonyl (C=O) groups is 1. The molecule has 146 valence electrons. The van der Waals surface area contributed by atoms with Crippen molar-refractivity contribution < 1.29 is 14.3 Å². The molecule has 0 aliphatic carbocycles. The summed E-state index contributed by atoms with van der Waals surface area (Å²) in [6.45, 7) is 6.79. The summed E-state index contributed by atoms with van der Waals surface area (Å²) in [5.41, 5.74) is 0.709. The van der Waals surface area contributed by atoms with Crippen molar-refractivity contribution in [3.8, 4) is 0 Å². The van der Waals surface area contributed by atoms with Gasteiger partial charge in [-0.15, -0.1) is 0 Å². The number of hydrogen-bond acceptors (Lipinski definition) is 7. The van der Waals surface area contributed by atoms with Crippen molar-refractivity contribution in [3.05, 3.63) is 48.2 Å². The lowest BCUT2D eigenvalue weighted by Gasteiger charge is -2.44. The van der Waals surface area contributed by atoms with Crippen molar-refractivity contribution in [3.63, 3.8) is 0 Å². The van der Waals surface area contributed by atoms with E-state index < -0.39 is 6.10 Å². The monoisotopic (exact) mass is 381 g/mol. The topological polar surface area (TPSA) is 95.6 Å². The second-order valence-electron chi connectivity index (χ2n) is 7.28. The normalized spacial score (nSPS) is 21.1. The maximum absolute atomic E-state index is 13.1. The van der Waals surface area contributed by atoms with E-state index >= 15 is 0 Å². The molecular formula is C20H23N5O3. The Labute approximate surface area is 162 Å². The lowest BCUT2D eigenvalue weighted by Crippen LogP contribution is -2.59. The van der Waals surface area contributed by atoms with Crippen LogP contribution in [0.25, 0.3) is 11.0 Å². The predicted molar refractivity (Wildman–Crippen MR) is 104 cm³/mol. The number of carbonyl (C=O) groups excluding carboxylic acids is 1. The fraction of sp³-hybridized carbons (Fsp3) is 0.400. The first-order chi connectivity index (χ1) is 13.4. The minimum absolute atomic E-state index is 0.0590. The first-order valence-electron chi connectivity index (χ1n) is 9.37. The van der Waals surface area contributed by atoms with E-state index in [-0.39, 0.29) is 18.0 Å². The van der Waals surface area contributed by atoms with E-state index in [1.807, 2.05) is 47.9 Å². The molecule has 2 aromatic heterocycles. The Morgan fingerprint density at radius 2 is 1.93 bits per heavy atom. The molecule has 8 heteroatoms. The van der Waals surface area contributed by atoms with E-state index in [0.29, 0.717) is 36.2 Å². The van der Waals surface area contributed by atoms with E-state index in [1.54, 1.807) is 13.0 Å². The molecule has 1 aromatic carbocycles. The van der Waals surface area contributed by atoms with Gasteiger partial charge in [-0.3, -0.25) is 4.79 Å². The molecule has 1 saturated heterocycles. The van der Waals surface area contributed by atoms with Crippen LogP contribution in [0.2, 0.25) is 0 Å². The SMILES string of the molecule is CC(O)c1ncnc(N2CC(C)N(C(=O)c3cc4ccccc4o3)C(C)C2)n1. The number of nitrogens with zero attached hydrogens (tertiary/aromatic N) is 5. The van der Waals surface area contributed by atoms with E-state index in [0.717, 1.165) is 5.39 Å². The van der Waals surface area contributed by atoms with Gasteiger partial charge in [-0.2, -0.15) is 4.98 Å². The van der Waals surface area contributed by atoms with Crippen molar-refractivity contribution in [2.45, 2.75) is 39.0 Å². The van der Waals surface area contributed by atoms with Crippen LogP contribution in [0.5, 0.6) is 0 Å². The van der Waals surface area contributed by atoms with Crippen LogP contribution in [0.1, 0.15) is 43.3 Å². The molecule has 0 bridgehead atoms. The number of fused-ring (bicyclic) bond motifs is 1. The average Bonchev–Trinajstić information content (AvgIpc) is 3.11. The Morgan fingerprint density at radius 3 is 2.61 bits per heavy atom. The summed E-state index contributed by atoms with van der Waals surface area (Å²) in [7, 11) is 0. The zero-order valence-electron chi connectivity index (χ0n) is 16.1. The van der Waals surface area contributed by atoms with E-state index in [4.69, 9.17) is 4.42 Å². The number of rotatable bonds is 3. The second-order valence-corrected chi connectivity index (χ2v) is 7.28. The Bertz CT molecular complexity index is 957. The fourth-order valence-corrected chi connectivity index (χ4v) is 3.75. The third-order valence-corrected chi connectivity index (χ3v) is 5.02. The zero-order chi connectivity index (χ0) is 19.8. The number of benzene rings is 1. The van der Waals surface area contributed by atoms with E-state index in [1.165, 1.54) is 6.33 Å². The van der Waals surface area contributed by atoms with Gasteiger partial charge in [-0.1, -0.05) is 18.2 Å². The van der Waals surface area contributed by atoms with Crippen molar-refractivity contribution in [1.82, 2.24) is 19.9 Å². The van der Waals surface area contributed by atoms with Crippen LogP contribution in [-0.4, -0.2) is 56.0 Å². The summed E-state index contributed by atoms with van der Waals surface area (Å²) in [5.74, 6) is 1.09. The molecule has 8 nitrogen and oxygen atoms in total. The van der Waals surface area contributed by atoms with Crippen molar-refractivity contribution in [2.24, 2.45) is 0 Å². The molecule has 3 atom stereocenters. The van der Waals surface area contributed by atoms with Gasteiger partial charge in [-0.25, -0.2) is 9.97 Å². The van der Waals surface area contributed by atoms with Crippen LogP contribution in [0, 0.1) is 0 Å². The summed E-state index contributed by atoms with van der Waals surface area (Å²) < 4.78 is 5.77. The minimum Gasteiger partial charge on any atom is -0.451 e. The summed E-state index contributed by atoms with van der Waals surface area (Å²) in [5, 5.41) is 10.6. The fourth-order valence-electron chi connectivity index (χ4n) is 3.75. The Balaban J connectivity index is 1.55. The van der Waals surface area contributed by atoms with Gasteiger partial charge in [0.25, 0.3) is 5.91 Å². The van der Waals surface area contributed by atoms with Crippen molar-refractivity contribution in [1.29, 1.82) is 0 Å². The largest absolute Gasteiger partial charge is 0.451 e. The standard InChI is InChI=1S/C20H23N5O3/c1-12-9-24(20-22-11-21-18(23-20)14(3)26)10-13(2)25(12)19(27)17-8-15-6-4-5-7-16(15)28-17/h4-8,11-14,26H,9-10H2,1-3H3. The molecule has 0 spiro atoms. The van der Waals surface area contributed by atoms with Gasteiger partial charge >= 0.3 is 0 Å². The summed E-state index contributed by atoms with van der Waals surface area (Å²) in [4.78, 5) is 29.6. The zero-order valence-corrected chi connectivity index (χ0v) is 16.1. The highest BCUT2D eigenvalue weighted by atomic mass is 16.3. The molecule has 28 heavy (non-hydrogen) atoms. The molecule has 4 rings (SSSR count). The van der Waals surface area contributed by atoms with Crippen LogP contribution in [0.15, 0.2) is 41.1 Å². The average molecular weight is 381 g/mol. The van der Waals surface area contributed by atoms with Gasteiger partial charge in [-0.05, 0) is 32.9 Å². The van der Waals surface area contributed by atoms with Gasteiger partial charge < -0.3 is 19.3 Å². The number of amides is 1. The number of aliphatic hydroxyl groups is 1. The Hall–Kier alpha value is -3.00. The van der Waals surface area contributed by atoms with Crippen molar-refractivity contribution >= 4 is 22.8 Å². The van der Waals surface area contributed by atoms with E-state index in [9.17, 15) is 9.90 Å². The van der Waals surface area contributed by atoms with Gasteiger partial charge in [0.05, 0.1) is 0 Å². The first kappa shape index (κ1) is 18.4. The summed E-state index contributed by atoms with van der Waals surface area (Å²) in [6.07, 6.45) is 0.651. The number of aliphatic hydroxyl groups excluding tert-OH is 1. The lowest BCUT2D eigenvalue weighted by molar-refractivity contribution is 0.0542. The van der Waals surface area contributed by atoms with Crippen LogP contribution in [0.3, 0.4) is 0 Å². The Kier molecular flexibility index (Phi) is 4.72. The number of hydrogen-bond donors (Lipinski definition) is 1. The van der Waals surface area contributed by atoms with Crippen LogP contribution in [0.4, 0.5) is 5.95 Å². The Morgan fingerprint density at radius 1 is 1.21 bits per heavy atom. The molecule has 1 aliphatic heterocycles. The van der Waals surface area contributed by atoms with Gasteiger partial charge in [0.1, 0.15) is 18.0 Å². The highest BCUT2D eigenvalue weighted by Crippen LogP contribution is 2.25. The maximum Gasteiger partial charge on any atom is 0.290 e. The molecule has 3 heterocycles. The third kappa shape index (κ3) is 3.31. The number of furan rings is 1.